The summed E-state index contributed by atoms with van der Waals surface area (Å²) < 4.78 is 5.13. The van der Waals surface area contributed by atoms with Crippen LogP contribution >= 0.6 is 11.3 Å². The quantitative estimate of drug-likeness (QED) is 0.659. The lowest BCUT2D eigenvalue weighted by Crippen LogP contribution is -2.34. The minimum Gasteiger partial charge on any atom is -0.480 e. The van der Waals surface area contributed by atoms with Crippen LogP contribution in [0.4, 0.5) is 5.82 Å². The van der Waals surface area contributed by atoms with Gasteiger partial charge in [0.1, 0.15) is 27.4 Å². The molecule has 0 aliphatic heterocycles. The molecule has 9 heteroatoms. The van der Waals surface area contributed by atoms with Crippen LogP contribution in [0.25, 0.3) is 10.2 Å². The third-order valence-electron chi connectivity index (χ3n) is 3.98. The molecule has 0 radical (unpaired) electrons. The van der Waals surface area contributed by atoms with Crippen LogP contribution in [-0.4, -0.2) is 58.7 Å². The molecule has 0 spiro atoms. The standard InChI is InChI=1S/C18H26N4O4S/c1-7-26-18(25)14-10(4)12-15(21-13(9(2)3)17(23)24)19-11(8-22(5)6)20-16(12)27-14/h9,13H,7-8H2,1-6H3,(H,23,24)(H,19,20,21)/t13-/m1/s1. The first-order valence-electron chi connectivity index (χ1n) is 8.76. The maximum atomic E-state index is 12.3. The number of carboxylic acid groups (broad SMARTS) is 1. The minimum atomic E-state index is -0.954. The van der Waals surface area contributed by atoms with Crippen LogP contribution in [0, 0.1) is 12.8 Å². The Kier molecular flexibility index (Phi) is 6.72. The number of fused-ring (bicyclic) bond motifs is 1. The lowest BCUT2D eigenvalue weighted by atomic mass is 10.0. The second-order valence-corrected chi connectivity index (χ2v) is 7.89. The van der Waals surface area contributed by atoms with E-state index in [1.807, 2.05) is 32.8 Å². The number of nitrogens with zero attached hydrogens (tertiary/aromatic N) is 3. The molecule has 0 bridgehead atoms. The van der Waals surface area contributed by atoms with Crippen LogP contribution in [0.2, 0.25) is 0 Å². The van der Waals surface area contributed by atoms with E-state index in [1.165, 1.54) is 11.3 Å². The molecule has 1 atom stereocenters. The first-order valence-corrected chi connectivity index (χ1v) is 9.58. The van der Waals surface area contributed by atoms with Crippen LogP contribution in [-0.2, 0) is 16.1 Å². The highest BCUT2D eigenvalue weighted by atomic mass is 32.1. The summed E-state index contributed by atoms with van der Waals surface area (Å²) >= 11 is 1.24. The Labute approximate surface area is 162 Å². The zero-order valence-corrected chi connectivity index (χ0v) is 17.3. The number of carbonyl (C=O) groups excluding carboxylic acids is 1. The predicted octanol–water partition coefficient (Wildman–Crippen LogP) is 2.76. The number of aromatic nitrogens is 2. The molecule has 0 saturated carbocycles. The number of carbonyl (C=O) groups is 2. The van der Waals surface area contributed by atoms with Crippen molar-refractivity contribution in [3.05, 3.63) is 16.3 Å². The van der Waals surface area contributed by atoms with Gasteiger partial charge in [0, 0.05) is 0 Å². The second kappa shape index (κ2) is 8.62. The molecule has 2 N–H and O–H groups in total. The molecule has 2 aromatic heterocycles. The first-order chi connectivity index (χ1) is 12.6. The number of esters is 1. The van der Waals surface area contributed by atoms with Gasteiger partial charge in [-0.05, 0) is 39.4 Å². The van der Waals surface area contributed by atoms with E-state index in [9.17, 15) is 14.7 Å². The summed E-state index contributed by atoms with van der Waals surface area (Å²) in [5, 5.41) is 13.2. The molecule has 0 aliphatic rings. The van der Waals surface area contributed by atoms with Gasteiger partial charge in [-0.2, -0.15) is 0 Å². The summed E-state index contributed by atoms with van der Waals surface area (Å²) in [6, 6.07) is -0.805. The van der Waals surface area contributed by atoms with E-state index in [1.54, 1.807) is 13.8 Å². The SMILES string of the molecule is CCOC(=O)c1sc2nc(CN(C)C)nc(N[C@@H](C(=O)O)C(C)C)c2c1C. The Morgan fingerprint density at radius 3 is 2.48 bits per heavy atom. The Bertz CT molecular complexity index is 847. The molecule has 2 heterocycles. The molecule has 148 valence electrons. The van der Waals surface area contributed by atoms with Crippen LogP contribution in [0.15, 0.2) is 0 Å². The number of thiophene rings is 1. The normalized spacial score (nSPS) is 12.6. The third kappa shape index (κ3) is 4.72. The Morgan fingerprint density at radius 1 is 1.30 bits per heavy atom. The number of rotatable bonds is 8. The molecule has 0 aromatic carbocycles. The monoisotopic (exact) mass is 394 g/mol. The average Bonchev–Trinajstić information content (AvgIpc) is 2.88. The zero-order valence-electron chi connectivity index (χ0n) is 16.5. The largest absolute Gasteiger partial charge is 0.480 e. The van der Waals surface area contributed by atoms with Crippen LogP contribution in [0.5, 0.6) is 0 Å². The number of aliphatic carboxylic acids is 1. The number of nitrogens with one attached hydrogen (secondary N) is 1. The van der Waals surface area contributed by atoms with Crippen molar-refractivity contribution >= 4 is 39.3 Å². The molecular weight excluding hydrogens is 368 g/mol. The van der Waals surface area contributed by atoms with Gasteiger partial charge in [0.15, 0.2) is 0 Å². The van der Waals surface area contributed by atoms with Gasteiger partial charge in [-0.15, -0.1) is 11.3 Å². The van der Waals surface area contributed by atoms with Crippen LogP contribution in [0.1, 0.15) is 41.8 Å². The van der Waals surface area contributed by atoms with Crippen molar-refractivity contribution in [2.24, 2.45) is 5.92 Å². The van der Waals surface area contributed by atoms with E-state index >= 15 is 0 Å². The molecule has 27 heavy (non-hydrogen) atoms. The molecule has 0 fully saturated rings. The van der Waals surface area contributed by atoms with Gasteiger partial charge in [-0.25, -0.2) is 19.6 Å². The molecular formula is C18H26N4O4S. The van der Waals surface area contributed by atoms with Gasteiger partial charge in [-0.1, -0.05) is 13.8 Å². The Hall–Kier alpha value is -2.26. The Balaban J connectivity index is 2.63. The fourth-order valence-corrected chi connectivity index (χ4v) is 3.79. The third-order valence-corrected chi connectivity index (χ3v) is 5.15. The van der Waals surface area contributed by atoms with Crippen molar-refractivity contribution in [1.29, 1.82) is 0 Å². The van der Waals surface area contributed by atoms with Crippen LogP contribution in [0.3, 0.4) is 0 Å². The summed E-state index contributed by atoms with van der Waals surface area (Å²) in [5.41, 5.74) is 0.695. The van der Waals surface area contributed by atoms with E-state index in [4.69, 9.17) is 4.74 Å². The topological polar surface area (TPSA) is 105 Å². The van der Waals surface area contributed by atoms with E-state index < -0.39 is 18.0 Å². The minimum absolute atomic E-state index is 0.145. The smallest absolute Gasteiger partial charge is 0.348 e. The summed E-state index contributed by atoms with van der Waals surface area (Å²) in [6.07, 6.45) is 0. The number of aryl methyl sites for hydroxylation is 1. The van der Waals surface area contributed by atoms with Crippen LogP contribution < -0.4 is 5.32 Å². The van der Waals surface area contributed by atoms with Crippen molar-refractivity contribution in [2.45, 2.75) is 40.3 Å². The highest BCUT2D eigenvalue weighted by Gasteiger charge is 2.26. The molecule has 0 amide bonds. The molecule has 2 aromatic rings. The maximum Gasteiger partial charge on any atom is 0.348 e. The van der Waals surface area contributed by atoms with E-state index in [0.717, 1.165) is 0 Å². The molecule has 2 rings (SSSR count). The van der Waals surface area contributed by atoms with Crippen molar-refractivity contribution in [3.8, 4) is 0 Å². The van der Waals surface area contributed by atoms with E-state index in [0.29, 0.717) is 38.8 Å². The lowest BCUT2D eigenvalue weighted by Gasteiger charge is -2.20. The van der Waals surface area contributed by atoms with Gasteiger partial charge in [0.05, 0.1) is 18.5 Å². The average molecular weight is 394 g/mol. The van der Waals surface area contributed by atoms with Crippen molar-refractivity contribution < 1.29 is 19.4 Å². The van der Waals surface area contributed by atoms with E-state index in [2.05, 4.69) is 15.3 Å². The number of hydrogen-bond donors (Lipinski definition) is 2. The molecule has 0 unspecified atom stereocenters. The van der Waals surface area contributed by atoms with Crippen molar-refractivity contribution in [1.82, 2.24) is 14.9 Å². The lowest BCUT2D eigenvalue weighted by molar-refractivity contribution is -0.138. The summed E-state index contributed by atoms with van der Waals surface area (Å²) in [4.78, 5) is 36.1. The van der Waals surface area contributed by atoms with Gasteiger partial charge in [0.25, 0.3) is 0 Å². The summed E-state index contributed by atoms with van der Waals surface area (Å²) in [5.74, 6) is -0.517. The molecule has 0 aliphatic carbocycles. The highest BCUT2D eigenvalue weighted by Crippen LogP contribution is 2.35. The maximum absolute atomic E-state index is 12.3. The zero-order chi connectivity index (χ0) is 20.3. The van der Waals surface area contributed by atoms with Gasteiger partial charge >= 0.3 is 11.9 Å². The fourth-order valence-electron chi connectivity index (χ4n) is 2.69. The van der Waals surface area contributed by atoms with Gasteiger partial charge in [-0.3, -0.25) is 0 Å². The number of carboxylic acids is 1. The van der Waals surface area contributed by atoms with Crippen molar-refractivity contribution in [3.63, 3.8) is 0 Å². The predicted molar refractivity (Wildman–Crippen MR) is 105 cm³/mol. The fraction of sp³-hybridized carbons (Fsp3) is 0.556. The summed E-state index contributed by atoms with van der Waals surface area (Å²) in [6.45, 7) is 7.99. The van der Waals surface area contributed by atoms with E-state index in [-0.39, 0.29) is 12.5 Å². The highest BCUT2D eigenvalue weighted by molar-refractivity contribution is 7.20. The number of anilines is 1. The summed E-state index contributed by atoms with van der Waals surface area (Å²) in [7, 11) is 3.80. The number of ether oxygens (including phenoxy) is 1. The second-order valence-electron chi connectivity index (χ2n) is 6.89. The number of hydrogen-bond acceptors (Lipinski definition) is 8. The first kappa shape index (κ1) is 21.0. The Morgan fingerprint density at radius 2 is 1.96 bits per heavy atom. The van der Waals surface area contributed by atoms with Gasteiger partial charge < -0.3 is 20.1 Å². The molecule has 0 saturated heterocycles. The van der Waals surface area contributed by atoms with Gasteiger partial charge in [0.2, 0.25) is 0 Å². The van der Waals surface area contributed by atoms with Crippen molar-refractivity contribution in [2.75, 3.05) is 26.0 Å². The molecule has 8 nitrogen and oxygen atoms in total.